The summed E-state index contributed by atoms with van der Waals surface area (Å²) in [4.78, 5) is 39.2. The zero-order valence-corrected chi connectivity index (χ0v) is 15.3. The molecular weight excluding hydrogens is 342 g/mol. The number of para-hydroxylation sites is 1. The predicted molar refractivity (Wildman–Crippen MR) is 106 cm³/mol. The fourth-order valence-corrected chi connectivity index (χ4v) is 2.95. The molecule has 0 fully saturated rings. The Balaban J connectivity index is 1.49. The molecule has 0 atom stereocenters. The average Bonchev–Trinajstić information content (AvgIpc) is 2.67. The monoisotopic (exact) mass is 365 g/mol. The van der Waals surface area contributed by atoms with Crippen molar-refractivity contribution in [3.8, 4) is 0 Å². The quantitative estimate of drug-likeness (QED) is 0.631. The number of amides is 1. The summed E-state index contributed by atoms with van der Waals surface area (Å²) < 4.78 is 1.20. The number of nitrogens with zero attached hydrogens (tertiary/aromatic N) is 1. The van der Waals surface area contributed by atoms with Crippen molar-refractivity contribution in [1.29, 1.82) is 0 Å². The third kappa shape index (κ3) is 4.73. The molecule has 0 aliphatic carbocycles. The van der Waals surface area contributed by atoms with Gasteiger partial charge in [0, 0.05) is 19.5 Å². The van der Waals surface area contributed by atoms with Crippen LogP contribution in [0.25, 0.3) is 10.9 Å². The van der Waals surface area contributed by atoms with Crippen molar-refractivity contribution in [2.75, 3.05) is 0 Å². The number of H-pyrrole nitrogens is 1. The van der Waals surface area contributed by atoms with E-state index in [4.69, 9.17) is 0 Å². The molecule has 0 aliphatic heterocycles. The van der Waals surface area contributed by atoms with E-state index in [0.717, 1.165) is 5.56 Å². The number of unbranched alkanes of at least 4 members (excludes halogenated alkanes) is 1. The first-order valence-electron chi connectivity index (χ1n) is 9.09. The van der Waals surface area contributed by atoms with E-state index in [1.165, 1.54) is 10.1 Å². The minimum absolute atomic E-state index is 0.0321. The maximum atomic E-state index is 12.4. The highest BCUT2D eigenvalue weighted by Gasteiger charge is 2.07. The van der Waals surface area contributed by atoms with Crippen molar-refractivity contribution in [3.05, 3.63) is 80.5 Å². The van der Waals surface area contributed by atoms with Crippen LogP contribution in [0.2, 0.25) is 0 Å². The number of hydrogen-bond acceptors (Lipinski definition) is 3. The summed E-state index contributed by atoms with van der Waals surface area (Å²) >= 11 is 0. The highest BCUT2D eigenvalue weighted by molar-refractivity contribution is 5.77. The topological polar surface area (TPSA) is 84.0 Å². The maximum absolute atomic E-state index is 12.4. The molecule has 2 N–H and O–H groups in total. The van der Waals surface area contributed by atoms with Gasteiger partial charge in [-0.25, -0.2) is 4.79 Å². The van der Waals surface area contributed by atoms with Gasteiger partial charge in [0.05, 0.1) is 10.9 Å². The molecule has 0 aliphatic rings. The summed E-state index contributed by atoms with van der Waals surface area (Å²) in [7, 11) is 0. The number of benzene rings is 2. The molecule has 6 heteroatoms. The highest BCUT2D eigenvalue weighted by atomic mass is 16.2. The Hall–Kier alpha value is -3.15. The second kappa shape index (κ2) is 8.49. The van der Waals surface area contributed by atoms with Gasteiger partial charge in [-0.3, -0.25) is 14.2 Å². The van der Waals surface area contributed by atoms with Crippen LogP contribution in [0.4, 0.5) is 0 Å². The van der Waals surface area contributed by atoms with Crippen molar-refractivity contribution in [2.45, 2.75) is 39.3 Å². The zero-order valence-electron chi connectivity index (χ0n) is 15.3. The van der Waals surface area contributed by atoms with Gasteiger partial charge in [0.2, 0.25) is 5.91 Å². The van der Waals surface area contributed by atoms with Gasteiger partial charge in [-0.2, -0.15) is 0 Å². The van der Waals surface area contributed by atoms with E-state index >= 15 is 0 Å². The Morgan fingerprint density at radius 3 is 2.56 bits per heavy atom. The Morgan fingerprint density at radius 1 is 1.04 bits per heavy atom. The number of aromatic amines is 1. The molecular formula is C21H23N3O3. The van der Waals surface area contributed by atoms with E-state index in [1.54, 1.807) is 24.3 Å². The molecule has 0 unspecified atom stereocenters. The molecule has 1 aromatic heterocycles. The van der Waals surface area contributed by atoms with Crippen molar-refractivity contribution in [3.63, 3.8) is 0 Å². The number of nitrogens with one attached hydrogen (secondary N) is 2. The van der Waals surface area contributed by atoms with Crippen LogP contribution in [0, 0.1) is 6.92 Å². The Morgan fingerprint density at radius 2 is 1.78 bits per heavy atom. The molecule has 0 saturated heterocycles. The van der Waals surface area contributed by atoms with Crippen molar-refractivity contribution in [2.24, 2.45) is 0 Å². The van der Waals surface area contributed by atoms with E-state index in [0.29, 0.717) is 43.3 Å². The first-order chi connectivity index (χ1) is 13.0. The third-order valence-corrected chi connectivity index (χ3v) is 4.54. The molecule has 27 heavy (non-hydrogen) atoms. The third-order valence-electron chi connectivity index (χ3n) is 4.54. The minimum atomic E-state index is -0.414. The lowest BCUT2D eigenvalue weighted by atomic mass is 10.1. The number of aromatic nitrogens is 2. The molecule has 1 heterocycles. The predicted octanol–water partition coefficient (Wildman–Crippen LogP) is 2.48. The number of carbonyl (C=O) groups is 1. The molecule has 140 valence electrons. The Labute approximate surface area is 156 Å². The van der Waals surface area contributed by atoms with Crippen LogP contribution < -0.4 is 16.6 Å². The molecule has 6 nitrogen and oxygen atoms in total. The normalized spacial score (nSPS) is 10.9. The van der Waals surface area contributed by atoms with E-state index in [-0.39, 0.29) is 11.5 Å². The van der Waals surface area contributed by atoms with Crippen LogP contribution >= 0.6 is 0 Å². The fourth-order valence-electron chi connectivity index (χ4n) is 2.95. The van der Waals surface area contributed by atoms with Gasteiger partial charge in [0.25, 0.3) is 5.56 Å². The summed E-state index contributed by atoms with van der Waals surface area (Å²) in [5, 5.41) is 3.38. The van der Waals surface area contributed by atoms with Gasteiger partial charge in [-0.1, -0.05) is 42.0 Å². The molecule has 1 amide bonds. The first-order valence-corrected chi connectivity index (χ1v) is 9.09. The highest BCUT2D eigenvalue weighted by Crippen LogP contribution is 2.05. The lowest BCUT2D eigenvalue weighted by Crippen LogP contribution is -2.35. The van der Waals surface area contributed by atoms with E-state index in [9.17, 15) is 14.4 Å². The summed E-state index contributed by atoms with van der Waals surface area (Å²) in [6, 6.07) is 15.0. The second-order valence-corrected chi connectivity index (χ2v) is 6.65. The average molecular weight is 365 g/mol. The van der Waals surface area contributed by atoms with Crippen LogP contribution in [0.1, 0.15) is 30.4 Å². The standard InChI is InChI=1S/C21H23N3O3/c1-15-9-11-16(12-10-15)14-22-19(25)8-4-5-13-24-20(26)17-6-2-3-7-18(17)23-21(24)27/h2-3,6-7,9-12H,4-5,8,13-14H2,1H3,(H,22,25)(H,23,27). The molecule has 0 radical (unpaired) electrons. The Bertz CT molecular complexity index is 1050. The fraction of sp³-hybridized carbons (Fsp3) is 0.286. The largest absolute Gasteiger partial charge is 0.352 e. The van der Waals surface area contributed by atoms with Gasteiger partial charge < -0.3 is 10.3 Å². The van der Waals surface area contributed by atoms with Crippen LogP contribution in [0.5, 0.6) is 0 Å². The molecule has 0 bridgehead atoms. The number of aryl methyl sites for hydroxylation is 1. The van der Waals surface area contributed by atoms with Crippen LogP contribution in [0.3, 0.4) is 0 Å². The summed E-state index contributed by atoms with van der Waals surface area (Å²) in [5.74, 6) is -0.0321. The van der Waals surface area contributed by atoms with Crippen molar-refractivity contribution >= 4 is 16.8 Å². The van der Waals surface area contributed by atoms with Gasteiger partial charge in [0.15, 0.2) is 0 Å². The summed E-state index contributed by atoms with van der Waals surface area (Å²) in [6.07, 6.45) is 1.56. The number of hydrogen-bond donors (Lipinski definition) is 2. The molecule has 3 aromatic rings. The van der Waals surface area contributed by atoms with Crippen LogP contribution in [-0.4, -0.2) is 15.5 Å². The molecule has 0 saturated carbocycles. The lowest BCUT2D eigenvalue weighted by molar-refractivity contribution is -0.121. The first kappa shape index (κ1) is 18.6. The maximum Gasteiger partial charge on any atom is 0.328 e. The van der Waals surface area contributed by atoms with Crippen LogP contribution in [0.15, 0.2) is 58.1 Å². The van der Waals surface area contributed by atoms with Crippen molar-refractivity contribution in [1.82, 2.24) is 14.9 Å². The molecule has 2 aromatic carbocycles. The number of rotatable bonds is 7. The van der Waals surface area contributed by atoms with Gasteiger partial charge in [-0.05, 0) is 37.5 Å². The van der Waals surface area contributed by atoms with Gasteiger partial charge in [0.1, 0.15) is 0 Å². The van der Waals surface area contributed by atoms with Crippen molar-refractivity contribution < 1.29 is 4.79 Å². The van der Waals surface area contributed by atoms with E-state index in [2.05, 4.69) is 10.3 Å². The van der Waals surface area contributed by atoms with Gasteiger partial charge in [-0.15, -0.1) is 0 Å². The van der Waals surface area contributed by atoms with Gasteiger partial charge >= 0.3 is 5.69 Å². The summed E-state index contributed by atoms with van der Waals surface area (Å²) in [5.41, 5.74) is 2.08. The van der Waals surface area contributed by atoms with Crippen LogP contribution in [-0.2, 0) is 17.9 Å². The second-order valence-electron chi connectivity index (χ2n) is 6.65. The SMILES string of the molecule is Cc1ccc(CNC(=O)CCCCn2c(=O)[nH]c3ccccc3c2=O)cc1. The van der Waals surface area contributed by atoms with E-state index < -0.39 is 5.69 Å². The lowest BCUT2D eigenvalue weighted by Gasteiger charge is -2.07. The number of carbonyl (C=O) groups excluding carboxylic acids is 1. The molecule has 0 spiro atoms. The zero-order chi connectivity index (χ0) is 19.2. The smallest absolute Gasteiger partial charge is 0.328 e. The Kier molecular flexibility index (Phi) is 5.86. The summed E-state index contributed by atoms with van der Waals surface area (Å²) in [6.45, 7) is 2.82. The molecule has 3 rings (SSSR count). The van der Waals surface area contributed by atoms with E-state index in [1.807, 2.05) is 31.2 Å². The minimum Gasteiger partial charge on any atom is -0.352 e. The number of fused-ring (bicyclic) bond motifs is 1.